The van der Waals surface area contributed by atoms with E-state index in [9.17, 15) is 31.1 Å². The zero-order chi connectivity index (χ0) is 22.0. The number of hydrogen-bond acceptors (Lipinski definition) is 1. The minimum atomic E-state index is -4.95. The number of nitrogens with one attached hydrogen (secondary N) is 2. The first-order valence-electron chi connectivity index (χ1n) is 8.50. The fourth-order valence-electron chi connectivity index (χ4n) is 3.55. The molecule has 0 unspecified atom stereocenters. The molecule has 0 spiro atoms. The van der Waals surface area contributed by atoms with Crippen LogP contribution in [0, 0.1) is 6.92 Å². The van der Waals surface area contributed by atoms with Crippen LogP contribution in [0.2, 0.25) is 5.02 Å². The lowest BCUT2D eigenvalue weighted by Gasteiger charge is -2.14. The number of halogens is 7. The van der Waals surface area contributed by atoms with Gasteiger partial charge in [-0.15, -0.1) is 0 Å². The minimum absolute atomic E-state index is 0.0818. The van der Waals surface area contributed by atoms with Gasteiger partial charge in [-0.1, -0.05) is 11.6 Å². The molecule has 0 fully saturated rings. The van der Waals surface area contributed by atoms with Crippen LogP contribution in [-0.2, 0) is 12.4 Å². The van der Waals surface area contributed by atoms with Gasteiger partial charge >= 0.3 is 12.4 Å². The Bertz CT molecular complexity index is 1330. The summed E-state index contributed by atoms with van der Waals surface area (Å²) in [6, 6.07) is 5.69. The Labute approximate surface area is 169 Å². The largest absolute Gasteiger partial charge is 0.416 e. The van der Waals surface area contributed by atoms with Gasteiger partial charge in [0.1, 0.15) is 0 Å². The maximum absolute atomic E-state index is 13.2. The Kier molecular flexibility index (Phi) is 4.43. The van der Waals surface area contributed by atoms with Crippen molar-refractivity contribution in [2.75, 3.05) is 0 Å². The van der Waals surface area contributed by atoms with Crippen molar-refractivity contribution < 1.29 is 26.3 Å². The van der Waals surface area contributed by atoms with Gasteiger partial charge in [-0.05, 0) is 48.4 Å². The van der Waals surface area contributed by atoms with Crippen molar-refractivity contribution >= 4 is 33.4 Å². The second-order valence-electron chi connectivity index (χ2n) is 6.81. The van der Waals surface area contributed by atoms with Crippen molar-refractivity contribution in [3.63, 3.8) is 0 Å². The van der Waals surface area contributed by atoms with E-state index in [4.69, 9.17) is 11.6 Å². The number of rotatable bonds is 1. The molecule has 2 N–H and O–H groups in total. The molecule has 2 aromatic carbocycles. The maximum Gasteiger partial charge on any atom is 0.416 e. The first-order valence-corrected chi connectivity index (χ1v) is 8.88. The van der Waals surface area contributed by atoms with Gasteiger partial charge in [0.05, 0.1) is 21.7 Å². The van der Waals surface area contributed by atoms with Crippen LogP contribution in [0.5, 0.6) is 0 Å². The van der Waals surface area contributed by atoms with Gasteiger partial charge in [0.2, 0.25) is 5.56 Å². The summed E-state index contributed by atoms with van der Waals surface area (Å²) in [7, 11) is 0. The molecular weight excluding hydrogens is 434 g/mol. The summed E-state index contributed by atoms with van der Waals surface area (Å²) < 4.78 is 79.4. The van der Waals surface area contributed by atoms with Crippen LogP contribution in [0.3, 0.4) is 0 Å². The minimum Gasteiger partial charge on any atom is -0.354 e. The zero-order valence-corrected chi connectivity index (χ0v) is 15.8. The highest BCUT2D eigenvalue weighted by molar-refractivity contribution is 6.37. The highest BCUT2D eigenvalue weighted by Gasteiger charge is 2.37. The zero-order valence-electron chi connectivity index (χ0n) is 15.0. The molecule has 0 amide bonds. The number of aromatic nitrogens is 2. The van der Waals surface area contributed by atoms with Crippen molar-refractivity contribution in [3.8, 4) is 11.3 Å². The number of fused-ring (bicyclic) bond motifs is 3. The van der Waals surface area contributed by atoms with E-state index >= 15 is 0 Å². The summed E-state index contributed by atoms with van der Waals surface area (Å²) in [6.45, 7) is 1.56. The van der Waals surface area contributed by atoms with E-state index in [-0.39, 0.29) is 22.3 Å². The van der Waals surface area contributed by atoms with Crippen molar-refractivity contribution in [2.45, 2.75) is 19.3 Å². The number of aromatic amines is 2. The Hall–Kier alpha value is -2.94. The van der Waals surface area contributed by atoms with Crippen LogP contribution in [0.4, 0.5) is 26.3 Å². The summed E-state index contributed by atoms with van der Waals surface area (Å²) in [6.07, 6.45) is -9.91. The fraction of sp³-hybridized carbons (Fsp3) is 0.150. The van der Waals surface area contributed by atoms with Crippen LogP contribution in [0.25, 0.3) is 33.1 Å². The van der Waals surface area contributed by atoms with Gasteiger partial charge in [-0.25, -0.2) is 0 Å². The molecule has 156 valence electrons. The predicted octanol–water partition coefficient (Wildman–Crippen LogP) is 6.68. The maximum atomic E-state index is 13.2. The summed E-state index contributed by atoms with van der Waals surface area (Å²) in [5.41, 5.74) is -2.17. The van der Waals surface area contributed by atoms with E-state index in [0.29, 0.717) is 39.5 Å². The van der Waals surface area contributed by atoms with Gasteiger partial charge < -0.3 is 9.97 Å². The molecule has 0 radical (unpaired) electrons. The van der Waals surface area contributed by atoms with Crippen molar-refractivity contribution in [3.05, 3.63) is 68.5 Å². The van der Waals surface area contributed by atoms with Gasteiger partial charge in [0.25, 0.3) is 0 Å². The number of hydrogen-bond donors (Lipinski definition) is 2. The van der Waals surface area contributed by atoms with Crippen LogP contribution < -0.4 is 5.56 Å². The Morgan fingerprint density at radius 1 is 0.800 bits per heavy atom. The lowest BCUT2D eigenvalue weighted by molar-refractivity contribution is -0.143. The Morgan fingerprint density at radius 2 is 1.33 bits per heavy atom. The third-order valence-electron chi connectivity index (χ3n) is 4.85. The molecule has 2 heterocycles. The molecule has 2 aromatic heterocycles. The fourth-order valence-corrected chi connectivity index (χ4v) is 3.84. The third kappa shape index (κ3) is 3.32. The van der Waals surface area contributed by atoms with E-state index in [2.05, 4.69) is 9.97 Å². The van der Waals surface area contributed by atoms with E-state index in [0.717, 1.165) is 6.07 Å². The van der Waals surface area contributed by atoms with Gasteiger partial charge in [0.15, 0.2) is 0 Å². The van der Waals surface area contributed by atoms with Gasteiger partial charge in [0, 0.05) is 28.0 Å². The summed E-state index contributed by atoms with van der Waals surface area (Å²) in [4.78, 5) is 17.1. The monoisotopic (exact) mass is 444 g/mol. The lowest BCUT2D eigenvalue weighted by atomic mass is 9.99. The standard InChI is InChI=1S/C20H11ClF6N2O/c1-8-16-13(2-3-14-17(16)12(21)7-15(30)28-14)29-18(8)9-4-10(19(22,23)24)6-11(5-9)20(25,26)27/h2-7,29H,1H3,(H,28,30). The molecule has 3 nitrogen and oxygen atoms in total. The predicted molar refractivity (Wildman–Crippen MR) is 102 cm³/mol. The SMILES string of the molecule is Cc1c(-c2cc(C(F)(F)F)cc(C(F)(F)F)c2)[nH]c2ccc3[nH]c(=O)cc(Cl)c3c12. The van der Waals surface area contributed by atoms with Crippen LogP contribution in [-0.4, -0.2) is 9.97 Å². The highest BCUT2D eigenvalue weighted by Crippen LogP contribution is 2.41. The van der Waals surface area contributed by atoms with Crippen LogP contribution in [0.1, 0.15) is 16.7 Å². The molecular formula is C20H11ClF6N2O. The molecule has 0 saturated carbocycles. The van der Waals surface area contributed by atoms with E-state index in [1.54, 1.807) is 19.1 Å². The van der Waals surface area contributed by atoms with Crippen molar-refractivity contribution in [1.82, 2.24) is 9.97 Å². The molecule has 0 atom stereocenters. The van der Waals surface area contributed by atoms with Crippen LogP contribution in [0.15, 0.2) is 41.2 Å². The second kappa shape index (κ2) is 6.53. The number of pyridine rings is 1. The first kappa shape index (κ1) is 20.3. The number of alkyl halides is 6. The molecule has 4 aromatic rings. The van der Waals surface area contributed by atoms with E-state index in [1.165, 1.54) is 0 Å². The van der Waals surface area contributed by atoms with Gasteiger partial charge in [-0.3, -0.25) is 4.79 Å². The average molecular weight is 445 g/mol. The summed E-state index contributed by atoms with van der Waals surface area (Å²) in [5, 5.41) is 1.06. The second-order valence-corrected chi connectivity index (χ2v) is 7.22. The molecule has 0 saturated heterocycles. The quantitative estimate of drug-likeness (QED) is 0.316. The first-order chi connectivity index (χ1) is 13.9. The summed E-state index contributed by atoms with van der Waals surface area (Å²) in [5.74, 6) is 0. The highest BCUT2D eigenvalue weighted by atomic mass is 35.5. The molecule has 30 heavy (non-hydrogen) atoms. The summed E-state index contributed by atoms with van der Waals surface area (Å²) >= 11 is 6.21. The molecule has 10 heteroatoms. The Morgan fingerprint density at radius 3 is 1.87 bits per heavy atom. The number of aryl methyl sites for hydroxylation is 1. The van der Waals surface area contributed by atoms with Crippen molar-refractivity contribution in [1.29, 1.82) is 0 Å². The molecule has 4 rings (SSSR count). The molecule has 0 aliphatic heterocycles. The lowest BCUT2D eigenvalue weighted by Crippen LogP contribution is -2.11. The van der Waals surface area contributed by atoms with E-state index < -0.39 is 29.0 Å². The Balaban J connectivity index is 2.06. The molecule has 0 aliphatic carbocycles. The van der Waals surface area contributed by atoms with E-state index in [1.807, 2.05) is 0 Å². The van der Waals surface area contributed by atoms with Crippen molar-refractivity contribution in [2.24, 2.45) is 0 Å². The van der Waals surface area contributed by atoms with Crippen LogP contribution >= 0.6 is 11.6 Å². The number of H-pyrrole nitrogens is 2. The number of benzene rings is 2. The third-order valence-corrected chi connectivity index (χ3v) is 5.14. The average Bonchev–Trinajstić information content (AvgIpc) is 2.96. The molecule has 0 bridgehead atoms. The smallest absolute Gasteiger partial charge is 0.354 e. The topological polar surface area (TPSA) is 48.6 Å². The normalized spacial score (nSPS) is 12.8. The molecule has 0 aliphatic rings. The van der Waals surface area contributed by atoms with Gasteiger partial charge in [-0.2, -0.15) is 26.3 Å².